The maximum absolute atomic E-state index is 10.4. The smallest absolute Gasteiger partial charge is 0.123 e. The summed E-state index contributed by atoms with van der Waals surface area (Å²) in [5.74, 6) is 4.47. The van der Waals surface area contributed by atoms with Gasteiger partial charge in [0.2, 0.25) is 0 Å². The Morgan fingerprint density at radius 3 is 1.58 bits per heavy atom. The van der Waals surface area contributed by atoms with Gasteiger partial charge in [0.1, 0.15) is 6.29 Å². The van der Waals surface area contributed by atoms with Crippen molar-refractivity contribution >= 4 is 6.29 Å². The Balaban J connectivity index is 0.000000381. The van der Waals surface area contributed by atoms with Gasteiger partial charge in [0.05, 0.1) is 0 Å². The Hall–Kier alpha value is -0.850. The van der Waals surface area contributed by atoms with Crippen molar-refractivity contribution in [3.63, 3.8) is 0 Å². The molecule has 0 spiro atoms. The van der Waals surface area contributed by atoms with Gasteiger partial charge in [-0.2, -0.15) is 0 Å². The molecule has 1 nitrogen and oxygen atoms in total. The Morgan fingerprint density at radius 1 is 0.875 bits per heavy atom. The fourth-order valence-electron chi connectivity index (χ4n) is 4.46. The molecule has 0 radical (unpaired) electrons. The highest BCUT2D eigenvalue weighted by atomic mass is 16.1. The average Bonchev–Trinajstić information content (AvgIpc) is 3.16. The first kappa shape index (κ1) is 23.1. The zero-order valence-corrected chi connectivity index (χ0v) is 17.1. The Morgan fingerprint density at radius 2 is 1.29 bits per heavy atom. The molecule has 0 amide bonds. The summed E-state index contributed by atoms with van der Waals surface area (Å²) in [6, 6.07) is 0. The molecule has 2 rings (SSSR count). The van der Waals surface area contributed by atoms with Crippen LogP contribution in [0.2, 0.25) is 0 Å². The van der Waals surface area contributed by atoms with Crippen LogP contribution in [0.5, 0.6) is 0 Å². The molecule has 2 aliphatic carbocycles. The van der Waals surface area contributed by atoms with E-state index in [1.54, 1.807) is 6.08 Å². The molecule has 0 unspecified atom stereocenters. The van der Waals surface area contributed by atoms with Gasteiger partial charge >= 0.3 is 0 Å². The van der Waals surface area contributed by atoms with Crippen molar-refractivity contribution in [1.82, 2.24) is 0 Å². The molecule has 0 saturated heterocycles. The van der Waals surface area contributed by atoms with Crippen LogP contribution in [-0.4, -0.2) is 6.29 Å². The summed E-state index contributed by atoms with van der Waals surface area (Å²) in [4.78, 5) is 10.4. The van der Waals surface area contributed by atoms with Crippen LogP contribution in [-0.2, 0) is 4.79 Å². The van der Waals surface area contributed by atoms with Crippen LogP contribution < -0.4 is 0 Å². The normalized spacial score (nSPS) is 31.4. The van der Waals surface area contributed by atoms with Gasteiger partial charge in [-0.3, -0.25) is 0 Å². The molecule has 0 N–H and O–H groups in total. The van der Waals surface area contributed by atoms with Gasteiger partial charge in [0, 0.05) is 5.92 Å². The molecule has 24 heavy (non-hydrogen) atoms. The van der Waals surface area contributed by atoms with Crippen molar-refractivity contribution in [2.45, 2.75) is 80.1 Å². The lowest BCUT2D eigenvalue weighted by molar-refractivity contribution is -0.112. The van der Waals surface area contributed by atoms with E-state index in [-0.39, 0.29) is 5.92 Å². The highest BCUT2D eigenvalue weighted by Gasteiger charge is 2.27. The summed E-state index contributed by atoms with van der Waals surface area (Å²) in [6.45, 7) is 16.4. The van der Waals surface area contributed by atoms with Crippen LogP contribution in [0.25, 0.3) is 0 Å². The Kier molecular flexibility index (Phi) is 13.0. The minimum Gasteiger partial charge on any atom is -0.303 e. The molecule has 140 valence electrons. The van der Waals surface area contributed by atoms with Crippen LogP contribution in [0.4, 0.5) is 0 Å². The van der Waals surface area contributed by atoms with Crippen LogP contribution in [0, 0.1) is 35.5 Å². The second-order valence-electron chi connectivity index (χ2n) is 7.93. The topological polar surface area (TPSA) is 17.1 Å². The van der Waals surface area contributed by atoms with Gasteiger partial charge < -0.3 is 4.79 Å². The van der Waals surface area contributed by atoms with Crippen molar-refractivity contribution in [2.75, 3.05) is 0 Å². The third-order valence-electron chi connectivity index (χ3n) is 5.92. The van der Waals surface area contributed by atoms with Crippen LogP contribution in [0.1, 0.15) is 80.1 Å². The van der Waals surface area contributed by atoms with Crippen molar-refractivity contribution in [3.05, 3.63) is 24.8 Å². The minimum atomic E-state index is 0.289. The summed E-state index contributed by atoms with van der Waals surface area (Å²) < 4.78 is 0. The summed E-state index contributed by atoms with van der Waals surface area (Å²) >= 11 is 0. The highest BCUT2D eigenvalue weighted by Crippen LogP contribution is 2.37. The molecule has 1 heteroatoms. The van der Waals surface area contributed by atoms with Crippen molar-refractivity contribution in [3.8, 4) is 0 Å². The molecule has 2 saturated carbocycles. The number of aldehydes is 1. The molecular formula is C23H42O. The molecular weight excluding hydrogens is 292 g/mol. The van der Waals surface area contributed by atoms with E-state index in [0.717, 1.165) is 30.0 Å². The van der Waals surface area contributed by atoms with Crippen molar-refractivity contribution in [2.24, 2.45) is 35.5 Å². The largest absolute Gasteiger partial charge is 0.303 e. The lowest BCUT2D eigenvalue weighted by atomic mass is 9.86. The molecule has 0 aromatic carbocycles. The summed E-state index contributed by atoms with van der Waals surface area (Å²) in [7, 11) is 0. The summed E-state index contributed by atoms with van der Waals surface area (Å²) in [6.07, 6.45) is 15.7. The quantitative estimate of drug-likeness (QED) is 0.396. The van der Waals surface area contributed by atoms with Gasteiger partial charge in [-0.25, -0.2) is 0 Å². The van der Waals surface area contributed by atoms with Crippen LogP contribution >= 0.6 is 0 Å². The molecule has 6 atom stereocenters. The van der Waals surface area contributed by atoms with E-state index in [9.17, 15) is 4.79 Å². The van der Waals surface area contributed by atoms with E-state index < -0.39 is 0 Å². The lowest BCUT2D eigenvalue weighted by Crippen LogP contribution is -2.14. The molecule has 0 bridgehead atoms. The van der Waals surface area contributed by atoms with E-state index in [1.165, 1.54) is 38.5 Å². The van der Waals surface area contributed by atoms with Gasteiger partial charge in [-0.15, -0.1) is 6.58 Å². The molecule has 0 aromatic rings. The summed E-state index contributed by atoms with van der Waals surface area (Å²) in [5, 5.41) is 0. The standard InChI is InChI=1S/C11H20.C9H16O.C3H6/c1-4-6-9(2)11-8-5-7-10(11)3;1-7-4-3-5-9(7)8(2)6-10;1-3-2/h4,6,9-11H,5,7-8H2,1-3H3;6-9H,3-5H2,1-2H3;3H,1H2,2H3/b6-4+;;/t9-,10-,11-;7-,8-,9+;/m11./s1. The first-order valence-electron chi connectivity index (χ1n) is 10.1. The lowest BCUT2D eigenvalue weighted by Gasteiger charge is -2.19. The molecule has 0 aromatic heterocycles. The maximum Gasteiger partial charge on any atom is 0.123 e. The SMILES string of the molecule is C/C=C/[C@@H](C)[C@H]1CCC[C@H]1C.C=CC.C[C@H](C=O)[C@H]1CCC[C@H]1C. The predicted octanol–water partition coefficient (Wildman–Crippen LogP) is 7.08. The summed E-state index contributed by atoms with van der Waals surface area (Å²) in [5.41, 5.74) is 0. The van der Waals surface area contributed by atoms with E-state index in [4.69, 9.17) is 0 Å². The number of allylic oxidation sites excluding steroid dienone is 3. The van der Waals surface area contributed by atoms with E-state index >= 15 is 0 Å². The van der Waals surface area contributed by atoms with Crippen LogP contribution in [0.15, 0.2) is 24.8 Å². The first-order valence-corrected chi connectivity index (χ1v) is 10.1. The zero-order valence-electron chi connectivity index (χ0n) is 17.1. The van der Waals surface area contributed by atoms with E-state index in [1.807, 2.05) is 13.8 Å². The fourth-order valence-corrected chi connectivity index (χ4v) is 4.46. The predicted molar refractivity (Wildman–Crippen MR) is 108 cm³/mol. The van der Waals surface area contributed by atoms with Gasteiger partial charge in [0.15, 0.2) is 0 Å². The third-order valence-corrected chi connectivity index (χ3v) is 5.92. The Labute approximate surface area is 152 Å². The number of hydrogen-bond acceptors (Lipinski definition) is 1. The number of carbonyl (C=O) groups excluding carboxylic acids is 1. The average molecular weight is 335 g/mol. The van der Waals surface area contributed by atoms with E-state index in [2.05, 4.69) is 46.4 Å². The Bertz CT molecular complexity index is 357. The fraction of sp³-hybridized carbons (Fsp3) is 0.783. The second-order valence-corrected chi connectivity index (χ2v) is 7.93. The van der Waals surface area contributed by atoms with Gasteiger partial charge in [-0.05, 0) is 56.3 Å². The molecule has 2 aliphatic rings. The number of hydrogen-bond donors (Lipinski definition) is 0. The monoisotopic (exact) mass is 334 g/mol. The number of rotatable bonds is 4. The van der Waals surface area contributed by atoms with E-state index in [0.29, 0.717) is 5.92 Å². The van der Waals surface area contributed by atoms with Crippen LogP contribution in [0.3, 0.4) is 0 Å². The molecule has 2 fully saturated rings. The molecule has 0 heterocycles. The van der Waals surface area contributed by atoms with Gasteiger partial charge in [-0.1, -0.05) is 71.6 Å². The second kappa shape index (κ2) is 13.4. The molecule has 0 aliphatic heterocycles. The van der Waals surface area contributed by atoms with Crippen molar-refractivity contribution in [1.29, 1.82) is 0 Å². The maximum atomic E-state index is 10.4. The van der Waals surface area contributed by atoms with Crippen molar-refractivity contribution < 1.29 is 4.79 Å². The third kappa shape index (κ3) is 8.31. The highest BCUT2D eigenvalue weighted by molar-refractivity contribution is 5.53. The zero-order chi connectivity index (χ0) is 18.5. The minimum absolute atomic E-state index is 0.289. The number of carbonyl (C=O) groups is 1. The van der Waals surface area contributed by atoms with Gasteiger partial charge in [0.25, 0.3) is 0 Å². The first-order chi connectivity index (χ1) is 11.4.